The van der Waals surface area contributed by atoms with E-state index < -0.39 is 0 Å². The molecule has 3 aromatic carbocycles. The van der Waals surface area contributed by atoms with Crippen LogP contribution in [0.15, 0.2) is 77.6 Å². The van der Waals surface area contributed by atoms with Crippen molar-refractivity contribution in [3.8, 4) is 22.5 Å². The molecule has 0 atom stereocenters. The molecule has 6 nitrogen and oxygen atoms in total. The highest BCUT2D eigenvalue weighted by molar-refractivity contribution is 5.86. The molecule has 0 unspecified atom stereocenters. The van der Waals surface area contributed by atoms with Crippen LogP contribution in [0.2, 0.25) is 0 Å². The molecule has 1 amide bonds. The van der Waals surface area contributed by atoms with E-state index in [1.807, 2.05) is 72.8 Å². The number of aliphatic hydroxyl groups is 1. The fraction of sp³-hybridized carbons (Fsp3) is 0.222. The molecular formula is C27H25N3O3. The minimum absolute atomic E-state index is 0.0488. The van der Waals surface area contributed by atoms with Crippen LogP contribution in [0.3, 0.4) is 0 Å². The molecule has 4 aromatic rings. The molecule has 0 radical (unpaired) electrons. The average Bonchev–Trinajstić information content (AvgIpc) is 3.71. The van der Waals surface area contributed by atoms with E-state index in [2.05, 4.69) is 0 Å². The zero-order valence-corrected chi connectivity index (χ0v) is 18.4. The highest BCUT2D eigenvalue weighted by atomic mass is 16.3. The number of carbonyl (C=O) groups excluding carboxylic acids is 1. The molecular weight excluding hydrogens is 414 g/mol. The van der Waals surface area contributed by atoms with Crippen LogP contribution in [0.5, 0.6) is 0 Å². The second-order valence-corrected chi connectivity index (χ2v) is 8.52. The van der Waals surface area contributed by atoms with Crippen molar-refractivity contribution in [3.05, 3.63) is 88.7 Å². The molecule has 6 heteroatoms. The van der Waals surface area contributed by atoms with E-state index in [4.69, 9.17) is 4.98 Å². The predicted octanol–water partition coefficient (Wildman–Crippen LogP) is 3.84. The van der Waals surface area contributed by atoms with Gasteiger partial charge in [-0.25, -0.2) is 4.98 Å². The summed E-state index contributed by atoms with van der Waals surface area (Å²) in [7, 11) is 1.80. The summed E-state index contributed by atoms with van der Waals surface area (Å²) >= 11 is 0. The highest BCUT2D eigenvalue weighted by Crippen LogP contribution is 2.27. The van der Waals surface area contributed by atoms with Gasteiger partial charge in [0.25, 0.3) is 5.56 Å². The summed E-state index contributed by atoms with van der Waals surface area (Å²) in [5.41, 5.74) is 3.70. The van der Waals surface area contributed by atoms with Crippen molar-refractivity contribution in [2.75, 3.05) is 7.05 Å². The number of rotatable bonds is 6. The van der Waals surface area contributed by atoms with Gasteiger partial charge >= 0.3 is 0 Å². The summed E-state index contributed by atoms with van der Waals surface area (Å²) in [6.45, 7) is -0.101. The first kappa shape index (κ1) is 21.1. The lowest BCUT2D eigenvalue weighted by molar-refractivity contribution is -0.131. The maximum atomic E-state index is 13.7. The largest absolute Gasteiger partial charge is 0.392 e. The highest BCUT2D eigenvalue weighted by Gasteiger charge is 2.30. The van der Waals surface area contributed by atoms with Crippen LogP contribution in [0.1, 0.15) is 18.4 Å². The number of carbonyl (C=O) groups is 1. The van der Waals surface area contributed by atoms with E-state index >= 15 is 0 Å². The molecule has 1 saturated carbocycles. The summed E-state index contributed by atoms with van der Waals surface area (Å²) in [4.78, 5) is 33.2. The Bertz CT molecular complexity index is 1390. The van der Waals surface area contributed by atoms with Gasteiger partial charge in [0.05, 0.1) is 17.5 Å². The lowest BCUT2D eigenvalue weighted by Gasteiger charge is -2.19. The van der Waals surface area contributed by atoms with E-state index in [1.165, 1.54) is 4.57 Å². The van der Waals surface area contributed by atoms with Gasteiger partial charge < -0.3 is 10.0 Å². The normalized spacial score (nSPS) is 13.3. The van der Waals surface area contributed by atoms with Crippen LogP contribution < -0.4 is 5.56 Å². The van der Waals surface area contributed by atoms with Crippen molar-refractivity contribution < 1.29 is 9.90 Å². The van der Waals surface area contributed by atoms with Crippen LogP contribution in [-0.2, 0) is 17.9 Å². The van der Waals surface area contributed by atoms with E-state index in [0.717, 1.165) is 35.1 Å². The summed E-state index contributed by atoms with van der Waals surface area (Å²) in [6.07, 6.45) is 2.02. The maximum absolute atomic E-state index is 13.7. The Morgan fingerprint density at radius 1 is 1.00 bits per heavy atom. The molecule has 33 heavy (non-hydrogen) atoms. The molecule has 0 bridgehead atoms. The third-order valence-electron chi connectivity index (χ3n) is 6.21. The van der Waals surface area contributed by atoms with Gasteiger partial charge in [-0.1, -0.05) is 54.6 Å². The van der Waals surface area contributed by atoms with E-state index in [-0.39, 0.29) is 30.7 Å². The Balaban J connectivity index is 1.66. The molecule has 1 aliphatic rings. The zero-order valence-electron chi connectivity index (χ0n) is 18.4. The lowest BCUT2D eigenvalue weighted by Crippen LogP contribution is -2.36. The van der Waals surface area contributed by atoms with Gasteiger partial charge in [0.15, 0.2) is 0 Å². The topological polar surface area (TPSA) is 75.4 Å². The number of likely N-dealkylation sites (N-methyl/N-ethyl adjacent to an activating group) is 1. The van der Waals surface area contributed by atoms with Crippen LogP contribution in [0, 0.1) is 0 Å². The second-order valence-electron chi connectivity index (χ2n) is 8.52. The smallest absolute Gasteiger partial charge is 0.262 e. The maximum Gasteiger partial charge on any atom is 0.262 e. The standard InChI is InChI=1S/C27H25N3O3/c1-29(22-11-12-22)25(32)16-30-26(19-7-3-2-4-8-19)28-24-13-10-21(15-23(24)27(30)33)20-9-5-6-18(14-20)17-31/h2-10,13-15,22,31H,11-12,16-17H2,1H3. The summed E-state index contributed by atoms with van der Waals surface area (Å²) in [5.74, 6) is 0.394. The number of nitrogens with zero attached hydrogens (tertiary/aromatic N) is 3. The molecule has 0 saturated heterocycles. The average molecular weight is 440 g/mol. The van der Waals surface area contributed by atoms with Gasteiger partial charge in [0.2, 0.25) is 5.91 Å². The first-order chi connectivity index (χ1) is 16.0. The Hall–Kier alpha value is -3.77. The quantitative estimate of drug-likeness (QED) is 0.495. The number of aliphatic hydroxyl groups excluding tert-OH is 1. The van der Waals surface area contributed by atoms with Crippen molar-refractivity contribution in [2.24, 2.45) is 0 Å². The molecule has 0 spiro atoms. The van der Waals surface area contributed by atoms with Crippen LogP contribution >= 0.6 is 0 Å². The number of fused-ring (bicyclic) bond motifs is 1. The Morgan fingerprint density at radius 2 is 1.73 bits per heavy atom. The third-order valence-corrected chi connectivity index (χ3v) is 6.21. The van der Waals surface area contributed by atoms with Crippen LogP contribution in [0.4, 0.5) is 0 Å². The number of aromatic nitrogens is 2. The van der Waals surface area contributed by atoms with Gasteiger partial charge in [0, 0.05) is 18.7 Å². The minimum Gasteiger partial charge on any atom is -0.392 e. The summed E-state index contributed by atoms with van der Waals surface area (Å²) in [6, 6.07) is 22.9. The predicted molar refractivity (Wildman–Crippen MR) is 129 cm³/mol. The van der Waals surface area contributed by atoms with Gasteiger partial charge in [-0.05, 0) is 47.7 Å². The lowest BCUT2D eigenvalue weighted by atomic mass is 10.0. The molecule has 1 aliphatic carbocycles. The SMILES string of the molecule is CN(C(=O)Cn1c(-c2ccccc2)nc2ccc(-c3cccc(CO)c3)cc2c1=O)C1CC1. The van der Waals surface area contributed by atoms with Crippen molar-refractivity contribution in [3.63, 3.8) is 0 Å². The van der Waals surface area contributed by atoms with Crippen molar-refractivity contribution in [1.82, 2.24) is 14.5 Å². The third kappa shape index (κ3) is 4.17. The zero-order chi connectivity index (χ0) is 22.9. The fourth-order valence-corrected chi connectivity index (χ4v) is 4.12. The van der Waals surface area contributed by atoms with Gasteiger partial charge in [-0.2, -0.15) is 0 Å². The molecule has 1 aromatic heterocycles. The van der Waals surface area contributed by atoms with E-state index in [0.29, 0.717) is 16.7 Å². The Morgan fingerprint density at radius 3 is 2.45 bits per heavy atom. The molecule has 1 fully saturated rings. The number of hydrogen-bond donors (Lipinski definition) is 1. The van der Waals surface area contributed by atoms with Crippen molar-refractivity contribution in [2.45, 2.75) is 32.0 Å². The molecule has 1 N–H and O–H groups in total. The minimum atomic E-state index is -0.239. The number of hydrogen-bond acceptors (Lipinski definition) is 4. The molecule has 0 aliphatic heterocycles. The van der Waals surface area contributed by atoms with E-state index in [9.17, 15) is 14.7 Å². The second kappa shape index (κ2) is 8.64. The monoisotopic (exact) mass is 439 g/mol. The number of amides is 1. The van der Waals surface area contributed by atoms with Gasteiger partial charge in [0.1, 0.15) is 12.4 Å². The summed E-state index contributed by atoms with van der Waals surface area (Å²) in [5, 5.41) is 9.93. The first-order valence-electron chi connectivity index (χ1n) is 11.1. The van der Waals surface area contributed by atoms with Crippen LogP contribution in [-0.4, -0.2) is 38.6 Å². The molecule has 1 heterocycles. The summed E-state index contributed by atoms with van der Waals surface area (Å²) < 4.78 is 1.49. The Kier molecular flexibility index (Phi) is 5.52. The first-order valence-corrected chi connectivity index (χ1v) is 11.1. The van der Waals surface area contributed by atoms with E-state index in [1.54, 1.807) is 11.9 Å². The van der Waals surface area contributed by atoms with Crippen LogP contribution in [0.25, 0.3) is 33.4 Å². The fourth-order valence-electron chi connectivity index (χ4n) is 4.12. The van der Waals surface area contributed by atoms with Gasteiger partial charge in [-0.3, -0.25) is 14.2 Å². The molecule has 166 valence electrons. The van der Waals surface area contributed by atoms with Crippen molar-refractivity contribution in [1.29, 1.82) is 0 Å². The molecule has 5 rings (SSSR count). The van der Waals surface area contributed by atoms with Gasteiger partial charge in [-0.15, -0.1) is 0 Å². The number of benzene rings is 3. The van der Waals surface area contributed by atoms with Crippen molar-refractivity contribution >= 4 is 16.8 Å². The Labute approximate surface area is 191 Å².